The molecule has 5 heteroatoms. The van der Waals surface area contributed by atoms with Crippen LogP contribution in [0.15, 0.2) is 39.7 Å². The molecule has 1 aromatic carbocycles. The fraction of sp³-hybridized carbons (Fsp3) is 0.267. The minimum Gasteiger partial charge on any atom is -0.502 e. The van der Waals surface area contributed by atoms with Crippen LogP contribution in [0, 0.1) is 0 Å². The summed E-state index contributed by atoms with van der Waals surface area (Å²) in [5.74, 6) is 0.167. The van der Waals surface area contributed by atoms with E-state index in [1.807, 2.05) is 18.2 Å². The summed E-state index contributed by atoms with van der Waals surface area (Å²) in [5, 5.41) is 9.21. The number of nitrogens with two attached hydrogens (primary N) is 1. The zero-order valence-corrected chi connectivity index (χ0v) is 11.0. The van der Waals surface area contributed by atoms with Gasteiger partial charge in [-0.1, -0.05) is 6.07 Å². The molecule has 0 spiro atoms. The molecule has 0 aliphatic carbocycles. The van der Waals surface area contributed by atoms with Crippen LogP contribution in [-0.2, 0) is 13.0 Å². The van der Waals surface area contributed by atoms with E-state index in [0.29, 0.717) is 12.3 Å². The normalized spacial score (nSPS) is 14.1. The van der Waals surface area contributed by atoms with Crippen molar-refractivity contribution in [3.05, 3.63) is 52.1 Å². The summed E-state index contributed by atoms with van der Waals surface area (Å²) >= 11 is 0. The lowest BCUT2D eigenvalue weighted by Gasteiger charge is -2.31. The quantitative estimate of drug-likeness (QED) is 0.816. The smallest absolute Gasteiger partial charge is 0.226 e. The van der Waals surface area contributed by atoms with Gasteiger partial charge in [0.05, 0.1) is 6.54 Å². The fourth-order valence-electron chi connectivity index (χ4n) is 2.61. The van der Waals surface area contributed by atoms with E-state index in [9.17, 15) is 9.90 Å². The molecule has 3 N–H and O–H groups in total. The lowest BCUT2D eigenvalue weighted by Crippen LogP contribution is -2.29. The van der Waals surface area contributed by atoms with Gasteiger partial charge in [0.15, 0.2) is 5.75 Å². The van der Waals surface area contributed by atoms with Gasteiger partial charge in [0.25, 0.3) is 0 Å². The Kier molecular flexibility index (Phi) is 3.10. The van der Waals surface area contributed by atoms with Crippen molar-refractivity contribution in [2.45, 2.75) is 19.4 Å². The Labute approximate surface area is 116 Å². The third kappa shape index (κ3) is 2.22. The second-order valence-electron chi connectivity index (χ2n) is 4.97. The highest BCUT2D eigenvalue weighted by molar-refractivity contribution is 5.66. The van der Waals surface area contributed by atoms with E-state index in [4.69, 9.17) is 10.2 Å². The lowest BCUT2D eigenvalue weighted by atomic mass is 10.00. The highest BCUT2D eigenvalue weighted by atomic mass is 16.4. The summed E-state index contributed by atoms with van der Waals surface area (Å²) in [6.45, 7) is 1.38. The van der Waals surface area contributed by atoms with Crippen LogP contribution >= 0.6 is 0 Å². The van der Waals surface area contributed by atoms with Crippen molar-refractivity contribution >= 4 is 11.4 Å². The van der Waals surface area contributed by atoms with Crippen molar-refractivity contribution in [1.82, 2.24) is 0 Å². The Balaban J connectivity index is 1.91. The van der Waals surface area contributed by atoms with Crippen molar-refractivity contribution in [2.24, 2.45) is 0 Å². The highest BCUT2D eigenvalue weighted by Gasteiger charge is 2.19. The largest absolute Gasteiger partial charge is 0.502 e. The number of rotatable bonds is 2. The number of nitrogen functional groups attached to an aromatic ring is 1. The van der Waals surface area contributed by atoms with Gasteiger partial charge in [0.2, 0.25) is 5.43 Å². The molecule has 1 aliphatic heterocycles. The molecule has 0 amide bonds. The van der Waals surface area contributed by atoms with E-state index in [2.05, 4.69) is 4.90 Å². The predicted octanol–water partition coefficient (Wildman–Crippen LogP) is 1.88. The second-order valence-corrected chi connectivity index (χ2v) is 4.97. The average molecular weight is 272 g/mol. The number of aromatic hydroxyl groups is 1. The maximum Gasteiger partial charge on any atom is 0.226 e. The maximum absolute atomic E-state index is 11.4. The Bertz CT molecular complexity index is 694. The SMILES string of the molecule is Nc1cccc2c1CCCN2Cc1cc(=O)c(O)co1. The Morgan fingerprint density at radius 2 is 2.25 bits per heavy atom. The summed E-state index contributed by atoms with van der Waals surface area (Å²) in [4.78, 5) is 13.6. The van der Waals surface area contributed by atoms with Gasteiger partial charge in [0.1, 0.15) is 12.0 Å². The van der Waals surface area contributed by atoms with Crippen LogP contribution in [0.25, 0.3) is 0 Å². The Morgan fingerprint density at radius 1 is 1.40 bits per heavy atom. The number of fused-ring (bicyclic) bond motifs is 1. The summed E-state index contributed by atoms with van der Waals surface area (Å²) in [6.07, 6.45) is 3.07. The molecule has 0 saturated heterocycles. The van der Waals surface area contributed by atoms with Gasteiger partial charge >= 0.3 is 0 Å². The number of nitrogens with zero attached hydrogens (tertiary/aromatic N) is 1. The zero-order valence-electron chi connectivity index (χ0n) is 11.0. The number of benzene rings is 1. The first-order chi connectivity index (χ1) is 9.65. The molecule has 104 valence electrons. The molecule has 1 aliphatic rings. The first-order valence-corrected chi connectivity index (χ1v) is 6.58. The molecule has 1 aromatic heterocycles. The maximum atomic E-state index is 11.4. The van der Waals surface area contributed by atoms with Gasteiger partial charge in [-0.25, -0.2) is 0 Å². The topological polar surface area (TPSA) is 79.7 Å². The van der Waals surface area contributed by atoms with Crippen molar-refractivity contribution in [3.8, 4) is 5.75 Å². The van der Waals surface area contributed by atoms with Crippen LogP contribution < -0.4 is 16.1 Å². The molecule has 20 heavy (non-hydrogen) atoms. The van der Waals surface area contributed by atoms with Crippen LogP contribution in [0.3, 0.4) is 0 Å². The number of hydrogen-bond acceptors (Lipinski definition) is 5. The first-order valence-electron chi connectivity index (χ1n) is 6.58. The van der Waals surface area contributed by atoms with Crippen molar-refractivity contribution in [1.29, 1.82) is 0 Å². The Morgan fingerprint density at radius 3 is 3.05 bits per heavy atom. The fourth-order valence-corrected chi connectivity index (χ4v) is 2.61. The first kappa shape index (κ1) is 12.6. The van der Waals surface area contributed by atoms with Crippen LogP contribution in [-0.4, -0.2) is 11.7 Å². The van der Waals surface area contributed by atoms with E-state index < -0.39 is 5.43 Å². The zero-order chi connectivity index (χ0) is 14.1. The lowest BCUT2D eigenvalue weighted by molar-refractivity contribution is 0.410. The third-order valence-electron chi connectivity index (χ3n) is 3.60. The van der Waals surface area contributed by atoms with Crippen LogP contribution in [0.4, 0.5) is 11.4 Å². The molecular formula is C15H16N2O3. The molecule has 0 saturated carbocycles. The van der Waals surface area contributed by atoms with E-state index in [-0.39, 0.29) is 5.75 Å². The molecular weight excluding hydrogens is 256 g/mol. The molecule has 2 aromatic rings. The van der Waals surface area contributed by atoms with E-state index >= 15 is 0 Å². The van der Waals surface area contributed by atoms with Crippen LogP contribution in [0.2, 0.25) is 0 Å². The average Bonchev–Trinajstić information content (AvgIpc) is 2.44. The summed E-state index contributed by atoms with van der Waals surface area (Å²) in [7, 11) is 0. The molecule has 2 heterocycles. The standard InChI is InChI=1S/C15H16N2O3/c16-12-4-1-5-13-11(12)3-2-6-17(13)8-10-7-14(18)15(19)9-20-10/h1,4-5,7,9,19H,2-3,6,8,16H2. The molecule has 0 atom stereocenters. The Hall–Kier alpha value is -2.43. The van der Waals surface area contributed by atoms with Gasteiger partial charge in [0, 0.05) is 24.0 Å². The van der Waals surface area contributed by atoms with Crippen LogP contribution in [0.1, 0.15) is 17.7 Å². The number of hydrogen-bond donors (Lipinski definition) is 2. The van der Waals surface area contributed by atoms with Gasteiger partial charge in [-0.15, -0.1) is 0 Å². The van der Waals surface area contributed by atoms with E-state index in [1.54, 1.807) is 0 Å². The molecule has 0 radical (unpaired) electrons. The third-order valence-corrected chi connectivity index (χ3v) is 3.60. The predicted molar refractivity (Wildman–Crippen MR) is 76.9 cm³/mol. The second kappa shape index (κ2) is 4.92. The van der Waals surface area contributed by atoms with Gasteiger partial charge in [-0.05, 0) is 30.5 Å². The molecule has 3 rings (SSSR count). The molecule has 0 bridgehead atoms. The van der Waals surface area contributed by atoms with E-state index in [1.165, 1.54) is 6.07 Å². The summed E-state index contributed by atoms with van der Waals surface area (Å²) in [6, 6.07) is 7.20. The van der Waals surface area contributed by atoms with Crippen LogP contribution in [0.5, 0.6) is 5.75 Å². The number of anilines is 2. The molecule has 5 nitrogen and oxygen atoms in total. The summed E-state index contributed by atoms with van der Waals surface area (Å²) < 4.78 is 5.26. The monoisotopic (exact) mass is 272 g/mol. The summed E-state index contributed by atoms with van der Waals surface area (Å²) in [5.41, 5.74) is 8.63. The minimum atomic E-state index is -0.420. The minimum absolute atomic E-state index is 0.364. The van der Waals surface area contributed by atoms with Gasteiger partial charge in [-0.3, -0.25) is 4.79 Å². The van der Waals surface area contributed by atoms with Crippen molar-refractivity contribution in [2.75, 3.05) is 17.2 Å². The highest BCUT2D eigenvalue weighted by Crippen LogP contribution is 2.32. The van der Waals surface area contributed by atoms with Gasteiger partial charge < -0.3 is 20.2 Å². The van der Waals surface area contributed by atoms with Crippen molar-refractivity contribution in [3.63, 3.8) is 0 Å². The molecule has 0 fully saturated rings. The molecule has 0 unspecified atom stereocenters. The van der Waals surface area contributed by atoms with Gasteiger partial charge in [-0.2, -0.15) is 0 Å². The van der Waals surface area contributed by atoms with Crippen molar-refractivity contribution < 1.29 is 9.52 Å². The van der Waals surface area contributed by atoms with E-state index in [0.717, 1.165) is 42.6 Å².